The molecule has 1 aliphatic heterocycles. The molecule has 2 aromatic carbocycles. The van der Waals surface area contributed by atoms with Gasteiger partial charge in [-0.25, -0.2) is 9.18 Å². The third-order valence-corrected chi connectivity index (χ3v) is 4.06. The van der Waals surface area contributed by atoms with Crippen molar-refractivity contribution in [3.8, 4) is 11.1 Å². The van der Waals surface area contributed by atoms with Gasteiger partial charge in [0.1, 0.15) is 11.9 Å². The maximum atomic E-state index is 14.5. The SMILES string of the molecule is NC[C@H]1CN(c2ccc(-c3ccc(CNC=O)cc3)c(F)c2)C(=O)O1. The smallest absolute Gasteiger partial charge is 0.414 e. The van der Waals surface area contributed by atoms with Crippen LogP contribution in [0.1, 0.15) is 5.56 Å². The van der Waals surface area contributed by atoms with Crippen molar-refractivity contribution in [2.75, 3.05) is 18.0 Å². The van der Waals surface area contributed by atoms with Crippen molar-refractivity contribution in [1.29, 1.82) is 0 Å². The Morgan fingerprint density at radius 3 is 2.64 bits per heavy atom. The summed E-state index contributed by atoms with van der Waals surface area (Å²) < 4.78 is 19.6. The summed E-state index contributed by atoms with van der Waals surface area (Å²) in [5.74, 6) is -0.430. The Morgan fingerprint density at radius 1 is 1.28 bits per heavy atom. The monoisotopic (exact) mass is 343 g/mol. The highest BCUT2D eigenvalue weighted by Crippen LogP contribution is 2.29. The number of nitrogens with one attached hydrogen (secondary N) is 1. The van der Waals surface area contributed by atoms with Gasteiger partial charge in [-0.15, -0.1) is 0 Å². The second kappa shape index (κ2) is 7.31. The first-order valence-corrected chi connectivity index (χ1v) is 7.86. The van der Waals surface area contributed by atoms with Gasteiger partial charge in [0, 0.05) is 18.7 Å². The maximum absolute atomic E-state index is 14.5. The first-order valence-electron chi connectivity index (χ1n) is 7.86. The normalized spacial score (nSPS) is 16.6. The fourth-order valence-corrected chi connectivity index (χ4v) is 2.72. The van der Waals surface area contributed by atoms with E-state index in [0.717, 1.165) is 5.56 Å². The Labute approximate surface area is 144 Å². The van der Waals surface area contributed by atoms with Gasteiger partial charge in [0.2, 0.25) is 6.41 Å². The van der Waals surface area contributed by atoms with Gasteiger partial charge in [0.15, 0.2) is 0 Å². The van der Waals surface area contributed by atoms with Crippen molar-refractivity contribution in [3.05, 3.63) is 53.8 Å². The summed E-state index contributed by atoms with van der Waals surface area (Å²) in [6, 6.07) is 11.8. The average Bonchev–Trinajstić information content (AvgIpc) is 3.01. The van der Waals surface area contributed by atoms with Crippen LogP contribution in [-0.4, -0.2) is 31.7 Å². The molecule has 0 bridgehead atoms. The van der Waals surface area contributed by atoms with Gasteiger partial charge in [0.05, 0.1) is 12.2 Å². The van der Waals surface area contributed by atoms with E-state index in [1.165, 1.54) is 11.0 Å². The molecule has 3 N–H and O–H groups in total. The van der Waals surface area contributed by atoms with Crippen molar-refractivity contribution in [2.24, 2.45) is 5.73 Å². The molecule has 0 aromatic heterocycles. The lowest BCUT2D eigenvalue weighted by Crippen LogP contribution is -2.27. The van der Waals surface area contributed by atoms with E-state index >= 15 is 0 Å². The minimum Gasteiger partial charge on any atom is -0.443 e. The number of ether oxygens (including phenoxy) is 1. The molecule has 2 aromatic rings. The maximum Gasteiger partial charge on any atom is 0.414 e. The zero-order valence-electron chi connectivity index (χ0n) is 13.4. The number of amides is 2. The second-order valence-corrected chi connectivity index (χ2v) is 5.71. The standard InChI is InChI=1S/C18H18FN3O3/c19-17-7-14(22-10-15(8-20)25-18(22)24)5-6-16(17)13-3-1-12(2-4-13)9-21-11-23/h1-7,11,15H,8-10,20H2,(H,21,23)/t15-/m0/s1. The molecule has 0 aliphatic carbocycles. The van der Waals surface area contributed by atoms with Crippen LogP contribution < -0.4 is 16.0 Å². The Kier molecular flexibility index (Phi) is 4.95. The first-order chi connectivity index (χ1) is 12.1. The van der Waals surface area contributed by atoms with E-state index in [2.05, 4.69) is 5.32 Å². The van der Waals surface area contributed by atoms with Crippen LogP contribution in [0.25, 0.3) is 11.1 Å². The number of nitrogens with two attached hydrogens (primary N) is 1. The van der Waals surface area contributed by atoms with E-state index in [4.69, 9.17) is 10.5 Å². The number of hydrogen-bond donors (Lipinski definition) is 2. The van der Waals surface area contributed by atoms with Crippen LogP contribution in [0.5, 0.6) is 0 Å². The lowest BCUT2D eigenvalue weighted by atomic mass is 10.0. The van der Waals surface area contributed by atoms with E-state index in [1.54, 1.807) is 24.3 Å². The van der Waals surface area contributed by atoms with Crippen LogP contribution in [0, 0.1) is 5.82 Å². The lowest BCUT2D eigenvalue weighted by molar-refractivity contribution is -0.109. The molecule has 1 saturated heterocycles. The Morgan fingerprint density at radius 2 is 2.04 bits per heavy atom. The largest absolute Gasteiger partial charge is 0.443 e. The molecule has 3 rings (SSSR count). The van der Waals surface area contributed by atoms with E-state index in [9.17, 15) is 14.0 Å². The van der Waals surface area contributed by atoms with Gasteiger partial charge in [-0.3, -0.25) is 9.69 Å². The van der Waals surface area contributed by atoms with Crippen LogP contribution >= 0.6 is 0 Å². The molecular formula is C18H18FN3O3. The number of rotatable bonds is 6. The van der Waals surface area contributed by atoms with Crippen LogP contribution in [0.3, 0.4) is 0 Å². The van der Waals surface area contributed by atoms with Gasteiger partial charge in [-0.05, 0) is 29.3 Å². The van der Waals surface area contributed by atoms with Crippen LogP contribution in [0.15, 0.2) is 42.5 Å². The zero-order valence-corrected chi connectivity index (χ0v) is 13.4. The molecular weight excluding hydrogens is 325 g/mol. The Balaban J connectivity index is 1.80. The van der Waals surface area contributed by atoms with Gasteiger partial charge in [-0.1, -0.05) is 24.3 Å². The summed E-state index contributed by atoms with van der Waals surface area (Å²) >= 11 is 0. The topological polar surface area (TPSA) is 84.7 Å². The third-order valence-electron chi connectivity index (χ3n) is 4.06. The zero-order chi connectivity index (χ0) is 17.8. The minimum absolute atomic E-state index is 0.230. The molecule has 130 valence electrons. The molecule has 1 atom stereocenters. The predicted molar refractivity (Wildman–Crippen MR) is 91.4 cm³/mol. The molecule has 0 unspecified atom stereocenters. The minimum atomic E-state index is -0.519. The summed E-state index contributed by atoms with van der Waals surface area (Å²) in [6.45, 7) is 0.964. The van der Waals surface area contributed by atoms with E-state index in [0.29, 0.717) is 36.3 Å². The Hall–Kier alpha value is -2.93. The molecule has 0 spiro atoms. The van der Waals surface area contributed by atoms with Gasteiger partial charge in [0.25, 0.3) is 0 Å². The lowest BCUT2D eigenvalue weighted by Gasteiger charge is -2.14. The summed E-state index contributed by atoms with van der Waals surface area (Å²) in [7, 11) is 0. The number of hydrogen-bond acceptors (Lipinski definition) is 4. The number of cyclic esters (lactones) is 1. The quantitative estimate of drug-likeness (QED) is 0.786. The number of halogens is 1. The van der Waals surface area contributed by atoms with Crippen molar-refractivity contribution < 1.29 is 18.7 Å². The highest BCUT2D eigenvalue weighted by Gasteiger charge is 2.31. The molecule has 0 saturated carbocycles. The average molecular weight is 343 g/mol. The predicted octanol–water partition coefficient (Wildman–Crippen LogP) is 2.02. The molecule has 6 nitrogen and oxygen atoms in total. The molecule has 1 heterocycles. The highest BCUT2D eigenvalue weighted by atomic mass is 19.1. The summed E-state index contributed by atoms with van der Waals surface area (Å²) in [5, 5.41) is 2.57. The van der Waals surface area contributed by atoms with Gasteiger partial charge in [-0.2, -0.15) is 0 Å². The molecule has 2 amide bonds. The van der Waals surface area contributed by atoms with Crippen LogP contribution in [-0.2, 0) is 16.1 Å². The number of benzene rings is 2. The number of nitrogens with zero attached hydrogens (tertiary/aromatic N) is 1. The van der Waals surface area contributed by atoms with Crippen molar-refractivity contribution in [2.45, 2.75) is 12.6 Å². The fraction of sp³-hybridized carbons (Fsp3) is 0.222. The molecule has 1 aliphatic rings. The van der Waals surface area contributed by atoms with Crippen LogP contribution in [0.2, 0.25) is 0 Å². The van der Waals surface area contributed by atoms with Crippen molar-refractivity contribution in [1.82, 2.24) is 5.32 Å². The van der Waals surface area contributed by atoms with Gasteiger partial charge >= 0.3 is 6.09 Å². The van der Waals surface area contributed by atoms with E-state index < -0.39 is 11.9 Å². The Bertz CT molecular complexity index is 780. The van der Waals surface area contributed by atoms with Crippen molar-refractivity contribution in [3.63, 3.8) is 0 Å². The third kappa shape index (κ3) is 3.61. The summed E-state index contributed by atoms with van der Waals surface area (Å²) in [4.78, 5) is 23.5. The highest BCUT2D eigenvalue weighted by molar-refractivity contribution is 5.90. The van der Waals surface area contributed by atoms with E-state index in [1.807, 2.05) is 12.1 Å². The summed E-state index contributed by atoms with van der Waals surface area (Å²) in [6.07, 6.45) is -0.261. The van der Waals surface area contributed by atoms with E-state index in [-0.39, 0.29) is 12.6 Å². The molecule has 25 heavy (non-hydrogen) atoms. The number of carbonyl (C=O) groups excluding carboxylic acids is 2. The first kappa shape index (κ1) is 16.9. The number of carbonyl (C=O) groups is 2. The fourth-order valence-electron chi connectivity index (χ4n) is 2.72. The van der Waals surface area contributed by atoms with Crippen molar-refractivity contribution >= 4 is 18.2 Å². The molecule has 0 radical (unpaired) electrons. The second-order valence-electron chi connectivity index (χ2n) is 5.71. The summed E-state index contributed by atoms with van der Waals surface area (Å²) in [5.41, 5.74) is 8.01. The molecule has 1 fully saturated rings. The number of anilines is 1. The van der Waals surface area contributed by atoms with Gasteiger partial charge < -0.3 is 15.8 Å². The molecule has 7 heteroatoms. The van der Waals surface area contributed by atoms with Crippen LogP contribution in [0.4, 0.5) is 14.9 Å².